The molecular formula is C17H14FN5O2. The molecule has 0 saturated heterocycles. The number of rotatable bonds is 3. The number of nitrogens with one attached hydrogen (secondary N) is 3. The van der Waals surface area contributed by atoms with Gasteiger partial charge < -0.3 is 14.7 Å². The number of aromatic nitrogens is 4. The van der Waals surface area contributed by atoms with Crippen LogP contribution in [0.4, 0.5) is 15.8 Å². The van der Waals surface area contributed by atoms with E-state index < -0.39 is 11.6 Å². The van der Waals surface area contributed by atoms with E-state index in [0.717, 1.165) is 16.8 Å². The number of hydrogen-bond acceptors (Lipinski definition) is 5. The van der Waals surface area contributed by atoms with E-state index in [1.165, 1.54) is 6.33 Å². The Morgan fingerprint density at radius 1 is 1.24 bits per heavy atom. The fraction of sp³-hybridized carbons (Fsp3) is 0.118. The highest BCUT2D eigenvalue weighted by Crippen LogP contribution is 2.36. The van der Waals surface area contributed by atoms with Gasteiger partial charge in [-0.2, -0.15) is 0 Å². The lowest BCUT2D eigenvalue weighted by molar-refractivity contribution is 0.526. The first-order valence-electron chi connectivity index (χ1n) is 7.58. The largest absolute Gasteiger partial charge is 0.434 e. The lowest BCUT2D eigenvalue weighted by atomic mass is 10.1. The topological polar surface area (TPSA) is 99.6 Å². The Balaban J connectivity index is 1.94. The standard InChI is InChI=1S/C17H14FN5O2/c1-8-3-4-11(9(2)5-8)21-14-10(16-22-23-17(24)25-16)6-12-15(13(14)18)20-7-19-12/h3-7,21H,1-2H3,(H,19,20)(H,23,24). The van der Waals surface area contributed by atoms with Crippen molar-refractivity contribution in [3.8, 4) is 11.5 Å². The second-order valence-corrected chi connectivity index (χ2v) is 5.77. The highest BCUT2D eigenvalue weighted by molar-refractivity contribution is 5.91. The number of fused-ring (bicyclic) bond motifs is 1. The molecule has 0 unspecified atom stereocenters. The summed E-state index contributed by atoms with van der Waals surface area (Å²) in [7, 11) is 0. The smallest absolute Gasteiger partial charge is 0.388 e. The third-order valence-electron chi connectivity index (χ3n) is 3.96. The monoisotopic (exact) mass is 339 g/mol. The number of imidazole rings is 1. The molecule has 3 N–H and O–H groups in total. The van der Waals surface area contributed by atoms with Gasteiger partial charge >= 0.3 is 5.76 Å². The van der Waals surface area contributed by atoms with E-state index in [0.29, 0.717) is 11.1 Å². The fourth-order valence-electron chi connectivity index (χ4n) is 2.77. The van der Waals surface area contributed by atoms with E-state index in [1.807, 2.05) is 32.0 Å². The number of anilines is 2. The maximum absolute atomic E-state index is 15.0. The number of H-pyrrole nitrogens is 2. The van der Waals surface area contributed by atoms with Gasteiger partial charge in [0.15, 0.2) is 5.82 Å². The summed E-state index contributed by atoms with van der Waals surface area (Å²) < 4.78 is 20.1. The minimum atomic E-state index is -0.711. The normalized spacial score (nSPS) is 11.2. The van der Waals surface area contributed by atoms with Gasteiger partial charge in [0.2, 0.25) is 0 Å². The van der Waals surface area contributed by atoms with Crippen LogP contribution in [-0.4, -0.2) is 20.2 Å². The molecule has 126 valence electrons. The number of halogens is 1. The lowest BCUT2D eigenvalue weighted by Crippen LogP contribution is -2.00. The van der Waals surface area contributed by atoms with Crippen molar-refractivity contribution in [3.63, 3.8) is 0 Å². The molecule has 0 aliphatic carbocycles. The number of nitrogens with zero attached hydrogens (tertiary/aromatic N) is 2. The molecule has 25 heavy (non-hydrogen) atoms. The summed E-state index contributed by atoms with van der Waals surface area (Å²) in [5.41, 5.74) is 3.91. The Kier molecular flexibility index (Phi) is 3.38. The molecular weight excluding hydrogens is 325 g/mol. The van der Waals surface area contributed by atoms with Gasteiger partial charge in [0.05, 0.1) is 23.1 Å². The zero-order valence-electron chi connectivity index (χ0n) is 13.5. The highest BCUT2D eigenvalue weighted by Gasteiger charge is 2.20. The van der Waals surface area contributed by atoms with Gasteiger partial charge in [-0.3, -0.25) is 0 Å². The van der Waals surface area contributed by atoms with Crippen LogP contribution in [0.15, 0.2) is 39.8 Å². The van der Waals surface area contributed by atoms with E-state index in [1.54, 1.807) is 6.07 Å². The van der Waals surface area contributed by atoms with Gasteiger partial charge in [0.1, 0.15) is 5.52 Å². The first-order chi connectivity index (χ1) is 12.0. The van der Waals surface area contributed by atoms with Crippen LogP contribution in [0.25, 0.3) is 22.5 Å². The van der Waals surface area contributed by atoms with Crippen LogP contribution < -0.4 is 11.1 Å². The van der Waals surface area contributed by atoms with Gasteiger partial charge in [0.25, 0.3) is 5.89 Å². The van der Waals surface area contributed by atoms with Crippen LogP contribution in [0.5, 0.6) is 0 Å². The number of hydrogen-bond donors (Lipinski definition) is 3. The van der Waals surface area contributed by atoms with E-state index in [4.69, 9.17) is 4.42 Å². The first-order valence-corrected chi connectivity index (χ1v) is 7.58. The minimum Gasteiger partial charge on any atom is -0.388 e. The summed E-state index contributed by atoms with van der Waals surface area (Å²) in [5, 5.41) is 9.08. The van der Waals surface area contributed by atoms with Crippen LogP contribution in [0.1, 0.15) is 11.1 Å². The Morgan fingerprint density at radius 3 is 2.80 bits per heavy atom. The summed E-state index contributed by atoms with van der Waals surface area (Å²) in [6, 6.07) is 7.41. The summed E-state index contributed by atoms with van der Waals surface area (Å²) >= 11 is 0. The predicted octanol–water partition coefficient (Wildman–Crippen LogP) is 3.41. The second kappa shape index (κ2) is 5.59. The van der Waals surface area contributed by atoms with Crippen LogP contribution >= 0.6 is 0 Å². The average Bonchev–Trinajstić information content (AvgIpc) is 3.20. The SMILES string of the molecule is Cc1ccc(Nc2c(-c3n[nH]c(=O)o3)cc3[nH]cnc3c2F)c(C)c1. The average molecular weight is 339 g/mol. The quantitative estimate of drug-likeness (QED) is 0.531. The summed E-state index contributed by atoms with van der Waals surface area (Å²) in [6.07, 6.45) is 1.40. The third kappa shape index (κ3) is 2.57. The third-order valence-corrected chi connectivity index (χ3v) is 3.96. The molecule has 2 aromatic carbocycles. The zero-order valence-corrected chi connectivity index (χ0v) is 13.5. The Morgan fingerprint density at radius 2 is 2.08 bits per heavy atom. The van der Waals surface area contributed by atoms with Gasteiger partial charge in [-0.05, 0) is 31.5 Å². The molecule has 2 aromatic heterocycles. The van der Waals surface area contributed by atoms with Crippen LogP contribution in [-0.2, 0) is 0 Å². The summed E-state index contributed by atoms with van der Waals surface area (Å²) in [6.45, 7) is 3.91. The molecule has 0 aliphatic heterocycles. The van der Waals surface area contributed by atoms with Crippen molar-refractivity contribution in [2.24, 2.45) is 0 Å². The maximum atomic E-state index is 15.0. The molecule has 0 atom stereocenters. The van der Waals surface area contributed by atoms with Crippen LogP contribution in [0.2, 0.25) is 0 Å². The van der Waals surface area contributed by atoms with E-state index in [-0.39, 0.29) is 17.1 Å². The number of aromatic amines is 2. The number of aryl methyl sites for hydroxylation is 2. The number of benzene rings is 2. The molecule has 4 rings (SSSR count). The predicted molar refractivity (Wildman–Crippen MR) is 91.4 cm³/mol. The second-order valence-electron chi connectivity index (χ2n) is 5.77. The fourth-order valence-corrected chi connectivity index (χ4v) is 2.77. The molecule has 2 heterocycles. The minimum absolute atomic E-state index is 0.00679. The van der Waals surface area contributed by atoms with Crippen LogP contribution in [0.3, 0.4) is 0 Å². The molecule has 4 aromatic rings. The molecule has 0 amide bonds. The van der Waals surface area contributed by atoms with E-state index in [9.17, 15) is 4.79 Å². The Labute approximate surface area is 140 Å². The van der Waals surface area contributed by atoms with Crippen molar-refractivity contribution in [2.45, 2.75) is 13.8 Å². The Bertz CT molecular complexity index is 1140. The molecule has 0 aliphatic rings. The van der Waals surface area contributed by atoms with Gasteiger partial charge in [-0.1, -0.05) is 17.7 Å². The van der Waals surface area contributed by atoms with Crippen molar-refractivity contribution in [3.05, 3.63) is 58.1 Å². The lowest BCUT2D eigenvalue weighted by Gasteiger charge is -2.14. The molecule has 0 spiro atoms. The van der Waals surface area contributed by atoms with Gasteiger partial charge in [-0.25, -0.2) is 19.3 Å². The van der Waals surface area contributed by atoms with Crippen LogP contribution in [0, 0.1) is 19.7 Å². The molecule has 8 heteroatoms. The van der Waals surface area contributed by atoms with Crippen molar-refractivity contribution < 1.29 is 8.81 Å². The van der Waals surface area contributed by atoms with E-state index >= 15 is 4.39 Å². The zero-order chi connectivity index (χ0) is 17.6. The van der Waals surface area contributed by atoms with Crippen molar-refractivity contribution in [1.29, 1.82) is 0 Å². The maximum Gasteiger partial charge on any atom is 0.434 e. The molecule has 0 radical (unpaired) electrons. The molecule has 0 bridgehead atoms. The first kappa shape index (κ1) is 15.1. The molecule has 0 fully saturated rings. The summed E-state index contributed by atoms with van der Waals surface area (Å²) in [5.74, 6) is -1.27. The summed E-state index contributed by atoms with van der Waals surface area (Å²) in [4.78, 5) is 18.2. The van der Waals surface area contributed by atoms with Gasteiger partial charge in [0, 0.05) is 5.69 Å². The van der Waals surface area contributed by atoms with Crippen molar-refractivity contribution >= 4 is 22.4 Å². The molecule has 7 nitrogen and oxygen atoms in total. The van der Waals surface area contributed by atoms with E-state index in [2.05, 4.69) is 25.5 Å². The molecule has 0 saturated carbocycles. The Hall–Kier alpha value is -3.42. The van der Waals surface area contributed by atoms with Crippen molar-refractivity contribution in [2.75, 3.05) is 5.32 Å². The van der Waals surface area contributed by atoms with Crippen molar-refractivity contribution in [1.82, 2.24) is 20.2 Å². The highest BCUT2D eigenvalue weighted by atomic mass is 19.1. The van der Waals surface area contributed by atoms with Gasteiger partial charge in [-0.15, -0.1) is 5.10 Å².